The van der Waals surface area contributed by atoms with E-state index in [0.29, 0.717) is 17.1 Å². The van der Waals surface area contributed by atoms with Gasteiger partial charge in [0.1, 0.15) is 11.5 Å². The zero-order valence-corrected chi connectivity index (χ0v) is 11.6. The lowest BCUT2D eigenvalue weighted by atomic mass is 10.3. The van der Waals surface area contributed by atoms with Crippen molar-refractivity contribution in [3.8, 4) is 0 Å². The van der Waals surface area contributed by atoms with Crippen molar-refractivity contribution in [1.29, 1.82) is 0 Å². The Morgan fingerprint density at radius 2 is 2.29 bits per heavy atom. The highest BCUT2D eigenvalue weighted by molar-refractivity contribution is 6.03. The highest BCUT2D eigenvalue weighted by Crippen LogP contribution is 2.30. The number of hydrogen-bond donors (Lipinski definition) is 2. The van der Waals surface area contributed by atoms with Gasteiger partial charge in [0.2, 0.25) is 5.91 Å². The Morgan fingerprint density at radius 3 is 2.95 bits per heavy atom. The fraction of sp³-hybridized carbons (Fsp3) is 0.357. The van der Waals surface area contributed by atoms with Gasteiger partial charge < -0.3 is 15.1 Å². The number of hydrogen-bond acceptors (Lipinski definition) is 4. The van der Waals surface area contributed by atoms with E-state index in [0.717, 1.165) is 12.8 Å². The summed E-state index contributed by atoms with van der Waals surface area (Å²) >= 11 is 0. The number of rotatable bonds is 5. The molecule has 1 aliphatic rings. The first kappa shape index (κ1) is 13.4. The van der Waals surface area contributed by atoms with Crippen molar-refractivity contribution in [2.24, 2.45) is 13.0 Å². The molecule has 2 aromatic heterocycles. The van der Waals surface area contributed by atoms with Gasteiger partial charge in [-0.05, 0) is 25.0 Å². The van der Waals surface area contributed by atoms with Gasteiger partial charge in [-0.2, -0.15) is 5.10 Å². The summed E-state index contributed by atoms with van der Waals surface area (Å²) in [6.45, 7) is 0.285. The van der Waals surface area contributed by atoms with Crippen LogP contribution in [-0.2, 0) is 18.4 Å². The minimum Gasteiger partial charge on any atom is -0.467 e. The number of aromatic nitrogens is 2. The van der Waals surface area contributed by atoms with Crippen LogP contribution < -0.4 is 10.6 Å². The topological polar surface area (TPSA) is 89.2 Å². The van der Waals surface area contributed by atoms with Gasteiger partial charge in [-0.3, -0.25) is 14.3 Å². The third-order valence-electron chi connectivity index (χ3n) is 3.36. The molecule has 2 amide bonds. The molecule has 0 aromatic carbocycles. The van der Waals surface area contributed by atoms with Crippen molar-refractivity contribution >= 4 is 17.5 Å². The average Bonchev–Trinajstić information content (AvgIpc) is 3.08. The molecule has 3 rings (SSSR count). The maximum absolute atomic E-state index is 12.2. The summed E-state index contributed by atoms with van der Waals surface area (Å²) in [5, 5.41) is 9.54. The fourth-order valence-electron chi connectivity index (χ4n) is 2.04. The first-order valence-corrected chi connectivity index (χ1v) is 6.78. The molecule has 0 unspecified atom stereocenters. The number of furan rings is 1. The lowest BCUT2D eigenvalue weighted by Gasteiger charge is -2.07. The summed E-state index contributed by atoms with van der Waals surface area (Å²) in [7, 11) is 1.66. The quantitative estimate of drug-likeness (QED) is 0.867. The van der Waals surface area contributed by atoms with Gasteiger partial charge in [0.05, 0.1) is 24.7 Å². The summed E-state index contributed by atoms with van der Waals surface area (Å²) in [5.41, 5.74) is 0.766. The second-order valence-electron chi connectivity index (χ2n) is 5.06. The maximum Gasteiger partial charge on any atom is 0.272 e. The van der Waals surface area contributed by atoms with Crippen LogP contribution in [0.1, 0.15) is 29.1 Å². The van der Waals surface area contributed by atoms with E-state index in [-0.39, 0.29) is 24.3 Å². The number of anilines is 1. The fourth-order valence-corrected chi connectivity index (χ4v) is 2.04. The molecule has 7 heteroatoms. The molecule has 2 heterocycles. The molecule has 1 aliphatic carbocycles. The van der Waals surface area contributed by atoms with Crippen molar-refractivity contribution < 1.29 is 14.0 Å². The van der Waals surface area contributed by atoms with Gasteiger partial charge in [-0.1, -0.05) is 0 Å². The van der Waals surface area contributed by atoms with E-state index in [1.807, 2.05) is 0 Å². The summed E-state index contributed by atoms with van der Waals surface area (Å²) in [4.78, 5) is 24.1. The van der Waals surface area contributed by atoms with Gasteiger partial charge in [-0.15, -0.1) is 0 Å². The molecule has 1 saturated carbocycles. The number of carbonyl (C=O) groups is 2. The van der Waals surface area contributed by atoms with Crippen LogP contribution in [-0.4, -0.2) is 21.6 Å². The van der Waals surface area contributed by atoms with E-state index in [2.05, 4.69) is 15.7 Å². The van der Waals surface area contributed by atoms with Gasteiger partial charge in [0.25, 0.3) is 5.91 Å². The number of nitrogens with one attached hydrogen (secondary N) is 2. The molecule has 0 spiro atoms. The molecule has 21 heavy (non-hydrogen) atoms. The van der Waals surface area contributed by atoms with Crippen molar-refractivity contribution in [2.45, 2.75) is 19.4 Å². The molecule has 0 atom stereocenters. The Kier molecular flexibility index (Phi) is 3.47. The summed E-state index contributed by atoms with van der Waals surface area (Å²) in [5.74, 6) is 0.374. The van der Waals surface area contributed by atoms with Crippen LogP contribution in [0.2, 0.25) is 0 Å². The third kappa shape index (κ3) is 2.96. The molecule has 0 aliphatic heterocycles. The van der Waals surface area contributed by atoms with E-state index in [9.17, 15) is 9.59 Å². The van der Waals surface area contributed by atoms with E-state index in [4.69, 9.17) is 4.42 Å². The lowest BCUT2D eigenvalue weighted by Crippen LogP contribution is -2.26. The number of carbonyl (C=O) groups excluding carboxylic acids is 2. The number of aryl methyl sites for hydroxylation is 1. The first-order chi connectivity index (χ1) is 10.1. The normalized spacial score (nSPS) is 14.0. The SMILES string of the molecule is Cn1ncc(NC(=O)C2CC2)c1C(=O)NCc1ccco1. The van der Waals surface area contributed by atoms with Gasteiger partial charge >= 0.3 is 0 Å². The molecule has 110 valence electrons. The van der Waals surface area contributed by atoms with Crippen LogP contribution in [0.15, 0.2) is 29.0 Å². The van der Waals surface area contributed by atoms with E-state index < -0.39 is 0 Å². The van der Waals surface area contributed by atoms with Crippen LogP contribution >= 0.6 is 0 Å². The second-order valence-corrected chi connectivity index (χ2v) is 5.06. The van der Waals surface area contributed by atoms with Crippen molar-refractivity contribution in [3.63, 3.8) is 0 Å². The second kappa shape index (κ2) is 5.43. The largest absolute Gasteiger partial charge is 0.467 e. The highest BCUT2D eigenvalue weighted by Gasteiger charge is 2.31. The summed E-state index contributed by atoms with van der Waals surface area (Å²) in [6.07, 6.45) is 4.85. The molecule has 2 N–H and O–H groups in total. The number of amides is 2. The Balaban J connectivity index is 1.69. The van der Waals surface area contributed by atoms with E-state index in [1.54, 1.807) is 25.4 Å². The van der Waals surface area contributed by atoms with Crippen molar-refractivity contribution in [1.82, 2.24) is 15.1 Å². The van der Waals surface area contributed by atoms with E-state index in [1.165, 1.54) is 10.9 Å². The Bertz CT molecular complexity index is 656. The maximum atomic E-state index is 12.2. The minimum atomic E-state index is -0.308. The Labute approximate surface area is 121 Å². The van der Waals surface area contributed by atoms with Crippen LogP contribution in [0.4, 0.5) is 5.69 Å². The summed E-state index contributed by atoms with van der Waals surface area (Å²) < 4.78 is 6.60. The molecular formula is C14H16N4O3. The van der Waals surface area contributed by atoms with Gasteiger partial charge in [0.15, 0.2) is 0 Å². The molecule has 0 radical (unpaired) electrons. The number of nitrogens with zero attached hydrogens (tertiary/aromatic N) is 2. The van der Waals surface area contributed by atoms with Gasteiger partial charge in [-0.25, -0.2) is 0 Å². The molecular weight excluding hydrogens is 272 g/mol. The average molecular weight is 288 g/mol. The zero-order valence-electron chi connectivity index (χ0n) is 11.6. The Hall–Kier alpha value is -2.57. The predicted octanol–water partition coefficient (Wildman–Crippen LogP) is 1.29. The molecule has 1 fully saturated rings. The molecule has 2 aromatic rings. The standard InChI is InChI=1S/C14H16N4O3/c1-18-12(14(20)15-7-10-3-2-6-21-10)11(8-16-18)17-13(19)9-4-5-9/h2-3,6,8-9H,4-5,7H2,1H3,(H,15,20)(H,17,19). The molecule has 0 bridgehead atoms. The van der Waals surface area contributed by atoms with Crippen LogP contribution in [0.5, 0.6) is 0 Å². The first-order valence-electron chi connectivity index (χ1n) is 6.78. The predicted molar refractivity (Wildman–Crippen MR) is 74.4 cm³/mol. The summed E-state index contributed by atoms with van der Waals surface area (Å²) in [6, 6.07) is 3.53. The third-order valence-corrected chi connectivity index (χ3v) is 3.36. The van der Waals surface area contributed by atoms with Gasteiger partial charge in [0, 0.05) is 13.0 Å². The van der Waals surface area contributed by atoms with Crippen LogP contribution in [0.25, 0.3) is 0 Å². The van der Waals surface area contributed by atoms with Crippen molar-refractivity contribution in [3.05, 3.63) is 36.0 Å². The monoisotopic (exact) mass is 288 g/mol. The lowest BCUT2D eigenvalue weighted by molar-refractivity contribution is -0.117. The Morgan fingerprint density at radius 1 is 1.48 bits per heavy atom. The smallest absolute Gasteiger partial charge is 0.272 e. The molecule has 0 saturated heterocycles. The van der Waals surface area contributed by atoms with E-state index >= 15 is 0 Å². The van der Waals surface area contributed by atoms with Crippen LogP contribution in [0.3, 0.4) is 0 Å². The molecule has 7 nitrogen and oxygen atoms in total. The minimum absolute atomic E-state index is 0.0527. The highest BCUT2D eigenvalue weighted by atomic mass is 16.3. The zero-order chi connectivity index (χ0) is 14.8. The van der Waals surface area contributed by atoms with Crippen molar-refractivity contribution in [2.75, 3.05) is 5.32 Å². The van der Waals surface area contributed by atoms with Crippen LogP contribution in [0, 0.1) is 5.92 Å².